The second-order valence-electron chi connectivity index (χ2n) is 6.64. The van der Waals surface area contributed by atoms with Crippen LogP contribution in [-0.2, 0) is 11.2 Å². The lowest BCUT2D eigenvalue weighted by atomic mass is 10.1. The van der Waals surface area contributed by atoms with Crippen molar-refractivity contribution in [3.8, 4) is 0 Å². The molecule has 1 saturated heterocycles. The third-order valence-corrected chi connectivity index (χ3v) is 5.33. The van der Waals surface area contributed by atoms with Crippen molar-refractivity contribution in [1.82, 2.24) is 9.80 Å². The number of carbonyl (C=O) groups excluding carboxylic acids is 2. The summed E-state index contributed by atoms with van der Waals surface area (Å²) in [4.78, 5) is 28.6. The summed E-state index contributed by atoms with van der Waals surface area (Å²) in [6, 6.07) is 15.1. The van der Waals surface area contributed by atoms with Crippen LogP contribution in [0, 0.1) is 0 Å². The lowest BCUT2D eigenvalue weighted by Gasteiger charge is -2.35. The number of amides is 2. The largest absolute Gasteiger partial charge is 0.339 e. The standard InChI is InChI=1S/C21H22Cl2N2O2/c22-17-9-10-18(19(23)15-17)21(27)25-13-11-24(12-14-25)20(26)8-4-7-16-5-2-1-3-6-16/h1-3,5-6,9-10,15H,4,7-8,11-14H2. The molecule has 0 saturated carbocycles. The van der Waals surface area contributed by atoms with E-state index in [4.69, 9.17) is 23.2 Å². The summed E-state index contributed by atoms with van der Waals surface area (Å²) in [6.45, 7) is 2.15. The van der Waals surface area contributed by atoms with E-state index >= 15 is 0 Å². The Morgan fingerprint density at radius 3 is 2.22 bits per heavy atom. The highest BCUT2D eigenvalue weighted by atomic mass is 35.5. The molecule has 27 heavy (non-hydrogen) atoms. The molecule has 142 valence electrons. The minimum absolute atomic E-state index is 0.118. The zero-order valence-corrected chi connectivity index (χ0v) is 16.5. The highest BCUT2D eigenvalue weighted by Gasteiger charge is 2.25. The van der Waals surface area contributed by atoms with Crippen molar-refractivity contribution in [2.24, 2.45) is 0 Å². The van der Waals surface area contributed by atoms with Gasteiger partial charge in [-0.2, -0.15) is 0 Å². The van der Waals surface area contributed by atoms with Crippen LogP contribution in [0.3, 0.4) is 0 Å². The molecule has 0 radical (unpaired) electrons. The highest BCUT2D eigenvalue weighted by Crippen LogP contribution is 2.23. The smallest absolute Gasteiger partial charge is 0.255 e. The number of rotatable bonds is 5. The highest BCUT2D eigenvalue weighted by molar-refractivity contribution is 6.36. The molecule has 0 aromatic heterocycles. The normalized spacial score (nSPS) is 14.3. The first-order valence-electron chi connectivity index (χ1n) is 9.10. The topological polar surface area (TPSA) is 40.6 Å². The Balaban J connectivity index is 1.46. The number of aryl methyl sites for hydroxylation is 1. The molecule has 2 amide bonds. The second-order valence-corrected chi connectivity index (χ2v) is 7.48. The number of halogens is 2. The van der Waals surface area contributed by atoms with Gasteiger partial charge in [-0.25, -0.2) is 0 Å². The molecule has 6 heteroatoms. The van der Waals surface area contributed by atoms with Gasteiger partial charge in [0.2, 0.25) is 5.91 Å². The summed E-state index contributed by atoms with van der Waals surface area (Å²) >= 11 is 12.0. The number of carbonyl (C=O) groups is 2. The van der Waals surface area contributed by atoms with Gasteiger partial charge in [-0.15, -0.1) is 0 Å². The third kappa shape index (κ3) is 5.24. The van der Waals surface area contributed by atoms with Crippen LogP contribution in [0.25, 0.3) is 0 Å². The Hall–Kier alpha value is -2.04. The number of hydrogen-bond acceptors (Lipinski definition) is 2. The molecule has 1 fully saturated rings. The van der Waals surface area contributed by atoms with Crippen molar-refractivity contribution in [2.45, 2.75) is 19.3 Å². The maximum atomic E-state index is 12.6. The van der Waals surface area contributed by atoms with E-state index in [1.807, 2.05) is 23.1 Å². The van der Waals surface area contributed by atoms with Gasteiger partial charge in [-0.3, -0.25) is 9.59 Å². The quantitative estimate of drug-likeness (QED) is 0.744. The SMILES string of the molecule is O=C(CCCc1ccccc1)N1CCN(C(=O)c2ccc(Cl)cc2Cl)CC1. The van der Waals surface area contributed by atoms with E-state index < -0.39 is 0 Å². The van der Waals surface area contributed by atoms with E-state index in [-0.39, 0.29) is 11.8 Å². The fourth-order valence-corrected chi connectivity index (χ4v) is 3.73. The van der Waals surface area contributed by atoms with E-state index in [1.54, 1.807) is 23.1 Å². The van der Waals surface area contributed by atoms with E-state index in [9.17, 15) is 9.59 Å². The Morgan fingerprint density at radius 1 is 0.889 bits per heavy atom. The van der Waals surface area contributed by atoms with Crippen molar-refractivity contribution in [2.75, 3.05) is 26.2 Å². The number of piperazine rings is 1. The first-order valence-corrected chi connectivity index (χ1v) is 9.86. The number of benzene rings is 2. The van der Waals surface area contributed by atoms with Crippen LogP contribution in [0.2, 0.25) is 10.0 Å². The Bertz CT molecular complexity index is 803. The second kappa shape index (κ2) is 9.25. The maximum Gasteiger partial charge on any atom is 0.255 e. The molecule has 3 rings (SSSR count). The molecule has 0 N–H and O–H groups in total. The molecule has 1 aliphatic rings. The first-order chi connectivity index (χ1) is 13.0. The molecular formula is C21H22Cl2N2O2. The molecule has 0 aliphatic carbocycles. The summed E-state index contributed by atoms with van der Waals surface area (Å²) in [7, 11) is 0. The lowest BCUT2D eigenvalue weighted by Crippen LogP contribution is -2.50. The summed E-state index contributed by atoms with van der Waals surface area (Å²) in [5.41, 5.74) is 1.70. The Labute approximate surface area is 169 Å². The fourth-order valence-electron chi connectivity index (χ4n) is 3.24. The monoisotopic (exact) mass is 404 g/mol. The predicted molar refractivity (Wildman–Crippen MR) is 108 cm³/mol. The molecule has 2 aromatic carbocycles. The van der Waals surface area contributed by atoms with Gasteiger partial charge < -0.3 is 9.80 Å². The number of nitrogens with zero attached hydrogens (tertiary/aromatic N) is 2. The van der Waals surface area contributed by atoms with Crippen LogP contribution >= 0.6 is 23.2 Å². The molecule has 4 nitrogen and oxygen atoms in total. The molecule has 1 aliphatic heterocycles. The van der Waals surface area contributed by atoms with Gasteiger partial charge in [0.15, 0.2) is 0 Å². The van der Waals surface area contributed by atoms with Crippen LogP contribution in [-0.4, -0.2) is 47.8 Å². The summed E-state index contributed by atoms with van der Waals surface area (Å²) < 4.78 is 0. The molecule has 0 atom stereocenters. The average Bonchev–Trinajstić information content (AvgIpc) is 2.68. The van der Waals surface area contributed by atoms with Gasteiger partial charge in [0.25, 0.3) is 5.91 Å². The van der Waals surface area contributed by atoms with Crippen LogP contribution in [0.1, 0.15) is 28.8 Å². The predicted octanol–water partition coefficient (Wildman–Crippen LogP) is 4.30. The van der Waals surface area contributed by atoms with Crippen molar-refractivity contribution >= 4 is 35.0 Å². The van der Waals surface area contributed by atoms with E-state index in [0.29, 0.717) is 48.2 Å². The number of hydrogen-bond donors (Lipinski definition) is 0. The maximum absolute atomic E-state index is 12.6. The zero-order valence-electron chi connectivity index (χ0n) is 15.0. The van der Waals surface area contributed by atoms with Crippen molar-refractivity contribution in [3.05, 3.63) is 69.7 Å². The Kier molecular flexibility index (Phi) is 6.75. The van der Waals surface area contributed by atoms with Crippen molar-refractivity contribution in [1.29, 1.82) is 0 Å². The van der Waals surface area contributed by atoms with Crippen LogP contribution in [0.15, 0.2) is 48.5 Å². The molecule has 0 unspecified atom stereocenters. The van der Waals surface area contributed by atoms with Crippen LogP contribution in [0.5, 0.6) is 0 Å². The van der Waals surface area contributed by atoms with Crippen molar-refractivity contribution in [3.63, 3.8) is 0 Å². The molecule has 2 aromatic rings. The van der Waals surface area contributed by atoms with Gasteiger partial charge in [0, 0.05) is 37.6 Å². The lowest BCUT2D eigenvalue weighted by molar-refractivity contribution is -0.132. The Morgan fingerprint density at radius 2 is 1.56 bits per heavy atom. The van der Waals surface area contributed by atoms with E-state index in [0.717, 1.165) is 12.8 Å². The van der Waals surface area contributed by atoms with Gasteiger partial charge in [-0.05, 0) is 36.6 Å². The summed E-state index contributed by atoms with van der Waals surface area (Å²) in [5.74, 6) is 0.0374. The van der Waals surface area contributed by atoms with Gasteiger partial charge in [0.1, 0.15) is 0 Å². The third-order valence-electron chi connectivity index (χ3n) is 4.78. The fraction of sp³-hybridized carbons (Fsp3) is 0.333. The summed E-state index contributed by atoms with van der Waals surface area (Å²) in [6.07, 6.45) is 2.27. The van der Waals surface area contributed by atoms with Gasteiger partial charge >= 0.3 is 0 Å². The van der Waals surface area contributed by atoms with Crippen LogP contribution in [0.4, 0.5) is 0 Å². The van der Waals surface area contributed by atoms with Crippen LogP contribution < -0.4 is 0 Å². The van der Waals surface area contributed by atoms with Crippen molar-refractivity contribution < 1.29 is 9.59 Å². The molecule has 0 bridgehead atoms. The summed E-state index contributed by atoms with van der Waals surface area (Å²) in [5, 5.41) is 0.856. The van der Waals surface area contributed by atoms with E-state index in [2.05, 4.69) is 12.1 Å². The van der Waals surface area contributed by atoms with E-state index in [1.165, 1.54) is 5.56 Å². The molecule has 0 spiro atoms. The minimum Gasteiger partial charge on any atom is -0.339 e. The molecule has 1 heterocycles. The average molecular weight is 405 g/mol. The zero-order chi connectivity index (χ0) is 19.2. The van der Waals surface area contributed by atoms with Gasteiger partial charge in [0.05, 0.1) is 10.6 Å². The first kappa shape index (κ1) is 19.7. The molecular weight excluding hydrogens is 383 g/mol. The van der Waals surface area contributed by atoms with Gasteiger partial charge in [-0.1, -0.05) is 53.5 Å². The minimum atomic E-state index is -0.118.